The molecule has 2 aromatic rings. The van der Waals surface area contributed by atoms with E-state index >= 15 is 0 Å². The Morgan fingerprint density at radius 2 is 1.67 bits per heavy atom. The number of piperazine rings is 1. The van der Waals surface area contributed by atoms with Crippen LogP contribution in [0.15, 0.2) is 42.5 Å². The molecule has 5 heteroatoms. The Bertz CT molecular complexity index is 731. The molecule has 0 atom stereocenters. The first kappa shape index (κ1) is 16.5. The molecule has 0 unspecified atom stereocenters. The van der Waals surface area contributed by atoms with Crippen LogP contribution in [-0.4, -0.2) is 59.5 Å². The van der Waals surface area contributed by atoms with Crippen molar-refractivity contribution in [2.75, 3.05) is 32.7 Å². The number of rotatable bonds is 5. The quantitative estimate of drug-likeness (QED) is 0.913. The highest BCUT2D eigenvalue weighted by Gasteiger charge is 2.21. The van der Waals surface area contributed by atoms with Crippen LogP contribution in [0.25, 0.3) is 10.8 Å². The third-order valence-corrected chi connectivity index (χ3v) is 4.59. The summed E-state index contributed by atoms with van der Waals surface area (Å²) in [4.78, 5) is 27.2. The fourth-order valence-corrected chi connectivity index (χ4v) is 3.20. The number of nitrogens with zero attached hydrogens (tertiary/aromatic N) is 2. The molecule has 1 saturated heterocycles. The number of carbonyl (C=O) groups excluding carboxylic acids is 1. The molecule has 2 aromatic carbocycles. The first-order valence-corrected chi connectivity index (χ1v) is 8.32. The lowest BCUT2D eigenvalue weighted by Gasteiger charge is -2.34. The normalized spacial score (nSPS) is 15.6. The first-order chi connectivity index (χ1) is 11.6. The molecule has 0 saturated carbocycles. The highest BCUT2D eigenvalue weighted by molar-refractivity contribution is 5.90. The van der Waals surface area contributed by atoms with Crippen LogP contribution in [0.1, 0.15) is 12.0 Å². The average molecular weight is 326 g/mol. The van der Waals surface area contributed by atoms with Crippen LogP contribution in [0.5, 0.6) is 0 Å². The SMILES string of the molecule is O=C(O)CCN1CCN(C(=O)Cc2cccc3ccccc23)CC1. The average Bonchev–Trinajstić information content (AvgIpc) is 2.60. The lowest BCUT2D eigenvalue weighted by Crippen LogP contribution is -2.49. The molecule has 1 fully saturated rings. The van der Waals surface area contributed by atoms with Gasteiger partial charge in [0.15, 0.2) is 0 Å². The molecule has 1 N–H and O–H groups in total. The maximum Gasteiger partial charge on any atom is 0.304 e. The second-order valence-corrected chi connectivity index (χ2v) is 6.18. The largest absolute Gasteiger partial charge is 0.481 e. The van der Waals surface area contributed by atoms with Gasteiger partial charge in [0, 0.05) is 32.7 Å². The van der Waals surface area contributed by atoms with Crippen LogP contribution in [0.2, 0.25) is 0 Å². The Morgan fingerprint density at radius 1 is 0.958 bits per heavy atom. The van der Waals surface area contributed by atoms with Gasteiger partial charge in [-0.3, -0.25) is 14.5 Å². The van der Waals surface area contributed by atoms with Gasteiger partial charge in [0.2, 0.25) is 5.91 Å². The number of carboxylic acids is 1. The van der Waals surface area contributed by atoms with E-state index in [-0.39, 0.29) is 12.3 Å². The Morgan fingerprint density at radius 3 is 2.42 bits per heavy atom. The number of amides is 1. The maximum atomic E-state index is 12.6. The minimum absolute atomic E-state index is 0.143. The molecule has 126 valence electrons. The number of hydrogen-bond acceptors (Lipinski definition) is 3. The minimum Gasteiger partial charge on any atom is -0.481 e. The molecule has 0 aromatic heterocycles. The van der Waals surface area contributed by atoms with E-state index in [1.165, 1.54) is 0 Å². The number of aliphatic carboxylic acids is 1. The number of fused-ring (bicyclic) bond motifs is 1. The monoisotopic (exact) mass is 326 g/mol. The Labute approximate surface area is 141 Å². The summed E-state index contributed by atoms with van der Waals surface area (Å²) in [6.45, 7) is 3.39. The van der Waals surface area contributed by atoms with Crippen molar-refractivity contribution in [1.29, 1.82) is 0 Å². The fourth-order valence-electron chi connectivity index (χ4n) is 3.20. The van der Waals surface area contributed by atoms with Crippen molar-refractivity contribution >= 4 is 22.6 Å². The highest BCUT2D eigenvalue weighted by atomic mass is 16.4. The molecule has 1 heterocycles. The van der Waals surface area contributed by atoms with Crippen LogP contribution in [-0.2, 0) is 16.0 Å². The van der Waals surface area contributed by atoms with Gasteiger partial charge in [0.1, 0.15) is 0 Å². The molecule has 0 spiro atoms. The van der Waals surface area contributed by atoms with Crippen molar-refractivity contribution in [2.24, 2.45) is 0 Å². The molecule has 5 nitrogen and oxygen atoms in total. The molecule has 1 aliphatic heterocycles. The molecular weight excluding hydrogens is 304 g/mol. The van der Waals surface area contributed by atoms with E-state index in [0.29, 0.717) is 26.1 Å². The smallest absolute Gasteiger partial charge is 0.304 e. The van der Waals surface area contributed by atoms with E-state index in [1.54, 1.807) is 0 Å². The van der Waals surface area contributed by atoms with E-state index in [9.17, 15) is 9.59 Å². The molecule has 1 aliphatic rings. The maximum absolute atomic E-state index is 12.6. The van der Waals surface area contributed by atoms with Crippen molar-refractivity contribution in [3.63, 3.8) is 0 Å². The molecule has 24 heavy (non-hydrogen) atoms. The summed E-state index contributed by atoms with van der Waals surface area (Å²) in [5.74, 6) is -0.631. The zero-order valence-corrected chi connectivity index (χ0v) is 13.6. The van der Waals surface area contributed by atoms with E-state index in [0.717, 1.165) is 29.4 Å². The fraction of sp³-hybridized carbons (Fsp3) is 0.368. The summed E-state index contributed by atoms with van der Waals surface area (Å²) in [5, 5.41) is 11.0. The summed E-state index contributed by atoms with van der Waals surface area (Å²) in [6, 6.07) is 14.2. The predicted molar refractivity (Wildman–Crippen MR) is 92.9 cm³/mol. The van der Waals surface area contributed by atoms with Gasteiger partial charge in [0.05, 0.1) is 12.8 Å². The van der Waals surface area contributed by atoms with Crippen LogP contribution in [0.4, 0.5) is 0 Å². The van der Waals surface area contributed by atoms with Crippen molar-refractivity contribution in [2.45, 2.75) is 12.8 Å². The zero-order valence-electron chi connectivity index (χ0n) is 13.6. The molecule has 0 radical (unpaired) electrons. The summed E-state index contributed by atoms with van der Waals surface area (Å²) in [6.07, 6.45) is 0.570. The summed E-state index contributed by atoms with van der Waals surface area (Å²) in [7, 11) is 0. The zero-order chi connectivity index (χ0) is 16.9. The third-order valence-electron chi connectivity index (χ3n) is 4.59. The Kier molecular flexibility index (Phi) is 5.11. The standard InChI is InChI=1S/C19H22N2O3/c22-18(21-12-10-20(11-13-21)9-8-19(23)24)14-16-6-3-5-15-4-1-2-7-17(15)16/h1-7H,8-14H2,(H,23,24). The van der Waals surface area contributed by atoms with Crippen molar-refractivity contribution < 1.29 is 14.7 Å². The first-order valence-electron chi connectivity index (χ1n) is 8.32. The molecule has 1 amide bonds. The summed E-state index contributed by atoms with van der Waals surface area (Å²) < 4.78 is 0. The van der Waals surface area contributed by atoms with E-state index < -0.39 is 5.97 Å². The number of carbonyl (C=O) groups is 2. The minimum atomic E-state index is -0.774. The number of benzene rings is 2. The van der Waals surface area contributed by atoms with Gasteiger partial charge >= 0.3 is 5.97 Å². The number of carboxylic acid groups (broad SMARTS) is 1. The summed E-state index contributed by atoms with van der Waals surface area (Å²) in [5.41, 5.74) is 1.06. The van der Waals surface area contributed by atoms with Gasteiger partial charge in [-0.25, -0.2) is 0 Å². The van der Waals surface area contributed by atoms with Crippen LogP contribution < -0.4 is 0 Å². The number of hydrogen-bond donors (Lipinski definition) is 1. The molecule has 0 bridgehead atoms. The van der Waals surface area contributed by atoms with Crippen molar-refractivity contribution in [3.05, 3.63) is 48.0 Å². The molecule has 0 aliphatic carbocycles. The van der Waals surface area contributed by atoms with Crippen molar-refractivity contribution in [3.8, 4) is 0 Å². The summed E-state index contributed by atoms with van der Waals surface area (Å²) >= 11 is 0. The highest BCUT2D eigenvalue weighted by Crippen LogP contribution is 2.19. The molecule has 3 rings (SSSR count). The Hall–Kier alpha value is -2.40. The second kappa shape index (κ2) is 7.45. The molecular formula is C19H22N2O3. The van der Waals surface area contributed by atoms with Gasteiger partial charge in [-0.1, -0.05) is 42.5 Å². The van der Waals surface area contributed by atoms with Crippen LogP contribution in [0, 0.1) is 0 Å². The van der Waals surface area contributed by atoms with Gasteiger partial charge in [-0.15, -0.1) is 0 Å². The lowest BCUT2D eigenvalue weighted by molar-refractivity contribution is -0.138. The van der Waals surface area contributed by atoms with E-state index in [2.05, 4.69) is 23.1 Å². The Balaban J connectivity index is 1.59. The van der Waals surface area contributed by atoms with Gasteiger partial charge in [0.25, 0.3) is 0 Å². The predicted octanol–water partition coefficient (Wildman–Crippen LogP) is 2.00. The van der Waals surface area contributed by atoms with Gasteiger partial charge in [-0.05, 0) is 16.3 Å². The van der Waals surface area contributed by atoms with Gasteiger partial charge < -0.3 is 10.0 Å². The van der Waals surface area contributed by atoms with Crippen LogP contribution in [0.3, 0.4) is 0 Å². The third kappa shape index (κ3) is 3.92. The lowest BCUT2D eigenvalue weighted by atomic mass is 10.0. The van der Waals surface area contributed by atoms with E-state index in [1.807, 2.05) is 29.2 Å². The van der Waals surface area contributed by atoms with Crippen LogP contribution >= 0.6 is 0 Å². The second-order valence-electron chi connectivity index (χ2n) is 6.18. The topological polar surface area (TPSA) is 60.9 Å². The van der Waals surface area contributed by atoms with Gasteiger partial charge in [-0.2, -0.15) is 0 Å². The van der Waals surface area contributed by atoms with Crippen molar-refractivity contribution in [1.82, 2.24) is 9.80 Å². The van der Waals surface area contributed by atoms with E-state index in [4.69, 9.17) is 5.11 Å².